The molecule has 1 aliphatic carbocycles. The van der Waals surface area contributed by atoms with Gasteiger partial charge in [-0.15, -0.1) is 11.3 Å². The molecule has 0 bridgehead atoms. The molecule has 3 rings (SSSR count). The number of aromatic nitrogens is 3. The molecule has 20 heavy (non-hydrogen) atoms. The number of Topliss-reactive ketones (excluding diaryl/α,β-unsaturated/α-hetero) is 1. The van der Waals surface area contributed by atoms with Gasteiger partial charge in [0.1, 0.15) is 12.2 Å². The molecule has 0 radical (unpaired) electrons. The second kappa shape index (κ2) is 5.87. The first-order chi connectivity index (χ1) is 9.78. The normalized spacial score (nSPS) is 14.2. The third-order valence-electron chi connectivity index (χ3n) is 3.72. The van der Waals surface area contributed by atoms with E-state index in [9.17, 15) is 4.79 Å². The Morgan fingerprint density at radius 1 is 1.40 bits per heavy atom. The predicted octanol–water partition coefficient (Wildman–Crippen LogP) is 3.05. The first kappa shape index (κ1) is 13.5. The Morgan fingerprint density at radius 2 is 2.25 bits per heavy atom. The standard InChI is InChI=1S/C15H19N3OS/c1-2-7-18-15(16-10-17-18)9-12(19)14-8-11-5-3-4-6-13(11)20-14/h8,10H,2-7,9H2,1H3. The summed E-state index contributed by atoms with van der Waals surface area (Å²) >= 11 is 1.68. The van der Waals surface area contributed by atoms with E-state index >= 15 is 0 Å². The van der Waals surface area contributed by atoms with E-state index in [4.69, 9.17) is 0 Å². The second-order valence-corrected chi connectivity index (χ2v) is 6.40. The Balaban J connectivity index is 1.75. The van der Waals surface area contributed by atoms with Crippen LogP contribution >= 0.6 is 11.3 Å². The summed E-state index contributed by atoms with van der Waals surface area (Å²) in [7, 11) is 0. The van der Waals surface area contributed by atoms with Crippen molar-refractivity contribution in [1.82, 2.24) is 14.8 Å². The lowest BCUT2D eigenvalue weighted by atomic mass is 9.99. The molecule has 2 aromatic heterocycles. The first-order valence-electron chi connectivity index (χ1n) is 7.29. The molecule has 0 unspecified atom stereocenters. The van der Waals surface area contributed by atoms with Crippen LogP contribution < -0.4 is 0 Å². The smallest absolute Gasteiger partial charge is 0.180 e. The minimum absolute atomic E-state index is 0.176. The zero-order chi connectivity index (χ0) is 13.9. The van der Waals surface area contributed by atoms with E-state index < -0.39 is 0 Å². The molecule has 0 aromatic carbocycles. The Morgan fingerprint density at radius 3 is 3.05 bits per heavy atom. The molecule has 2 aromatic rings. The van der Waals surface area contributed by atoms with Gasteiger partial charge in [-0.05, 0) is 43.7 Å². The molecule has 1 aliphatic rings. The fourth-order valence-electron chi connectivity index (χ4n) is 2.68. The molecule has 0 saturated heterocycles. The van der Waals surface area contributed by atoms with Gasteiger partial charge in [0.05, 0.1) is 11.3 Å². The van der Waals surface area contributed by atoms with Crippen LogP contribution in [0.15, 0.2) is 12.4 Å². The number of thiophene rings is 1. The Kier molecular flexibility index (Phi) is 3.96. The van der Waals surface area contributed by atoms with Gasteiger partial charge >= 0.3 is 0 Å². The molecule has 2 heterocycles. The molecular weight excluding hydrogens is 270 g/mol. The van der Waals surface area contributed by atoms with Crippen LogP contribution in [0.4, 0.5) is 0 Å². The van der Waals surface area contributed by atoms with Gasteiger partial charge in [0.25, 0.3) is 0 Å². The highest BCUT2D eigenvalue weighted by Crippen LogP contribution is 2.30. The summed E-state index contributed by atoms with van der Waals surface area (Å²) in [6.45, 7) is 2.92. The molecule has 0 atom stereocenters. The third kappa shape index (κ3) is 2.68. The third-order valence-corrected chi connectivity index (χ3v) is 5.00. The molecule has 0 amide bonds. The number of nitrogens with zero attached hydrogens (tertiary/aromatic N) is 3. The quantitative estimate of drug-likeness (QED) is 0.795. The summed E-state index contributed by atoms with van der Waals surface area (Å²) in [6.07, 6.45) is 7.67. The molecule has 5 heteroatoms. The van der Waals surface area contributed by atoms with E-state index in [1.807, 2.05) is 4.68 Å². The molecule has 0 aliphatic heterocycles. The second-order valence-electron chi connectivity index (χ2n) is 5.27. The van der Waals surface area contributed by atoms with Crippen LogP contribution in [-0.2, 0) is 25.8 Å². The topological polar surface area (TPSA) is 47.8 Å². The van der Waals surface area contributed by atoms with E-state index in [2.05, 4.69) is 23.1 Å². The molecule has 106 valence electrons. The van der Waals surface area contributed by atoms with Gasteiger partial charge in [0, 0.05) is 11.4 Å². The van der Waals surface area contributed by atoms with Gasteiger partial charge in [0.2, 0.25) is 0 Å². The van der Waals surface area contributed by atoms with Crippen LogP contribution in [0.1, 0.15) is 52.1 Å². The van der Waals surface area contributed by atoms with Crippen molar-refractivity contribution < 1.29 is 4.79 Å². The number of ketones is 1. The van der Waals surface area contributed by atoms with Crippen LogP contribution in [-0.4, -0.2) is 20.5 Å². The maximum absolute atomic E-state index is 12.4. The number of carbonyl (C=O) groups excluding carboxylic acids is 1. The molecular formula is C15H19N3OS. The van der Waals surface area contributed by atoms with E-state index in [1.54, 1.807) is 11.3 Å². The van der Waals surface area contributed by atoms with Crippen LogP contribution in [0.3, 0.4) is 0 Å². The van der Waals surface area contributed by atoms with Gasteiger partial charge in [-0.3, -0.25) is 4.79 Å². The summed E-state index contributed by atoms with van der Waals surface area (Å²) in [5.41, 5.74) is 1.39. The van der Waals surface area contributed by atoms with Crippen molar-refractivity contribution in [3.05, 3.63) is 33.5 Å². The number of carbonyl (C=O) groups is 1. The molecule has 0 fully saturated rings. The minimum Gasteiger partial charge on any atom is -0.293 e. The summed E-state index contributed by atoms with van der Waals surface area (Å²) < 4.78 is 1.84. The van der Waals surface area contributed by atoms with Gasteiger partial charge < -0.3 is 0 Å². The van der Waals surface area contributed by atoms with Crippen molar-refractivity contribution in [2.24, 2.45) is 0 Å². The van der Waals surface area contributed by atoms with Crippen molar-refractivity contribution >= 4 is 17.1 Å². The number of rotatable bonds is 5. The van der Waals surface area contributed by atoms with Crippen LogP contribution in [0.5, 0.6) is 0 Å². The maximum atomic E-state index is 12.4. The SMILES string of the molecule is CCCn1ncnc1CC(=O)c1cc2c(s1)CCCC2. The van der Waals surface area contributed by atoms with Crippen LogP contribution in [0.2, 0.25) is 0 Å². The lowest BCUT2D eigenvalue weighted by Crippen LogP contribution is -2.10. The van der Waals surface area contributed by atoms with E-state index in [-0.39, 0.29) is 5.78 Å². The average Bonchev–Trinajstić information content (AvgIpc) is 3.06. The van der Waals surface area contributed by atoms with Crippen molar-refractivity contribution in [3.8, 4) is 0 Å². The monoisotopic (exact) mass is 289 g/mol. The lowest BCUT2D eigenvalue weighted by molar-refractivity contribution is 0.0993. The Hall–Kier alpha value is -1.49. The average molecular weight is 289 g/mol. The summed E-state index contributed by atoms with van der Waals surface area (Å²) in [5, 5.41) is 4.17. The van der Waals surface area contributed by atoms with Gasteiger partial charge in [-0.25, -0.2) is 9.67 Å². The van der Waals surface area contributed by atoms with E-state index in [0.29, 0.717) is 6.42 Å². The van der Waals surface area contributed by atoms with Crippen molar-refractivity contribution in [1.29, 1.82) is 0 Å². The zero-order valence-corrected chi connectivity index (χ0v) is 12.6. The molecule has 4 nitrogen and oxygen atoms in total. The van der Waals surface area contributed by atoms with Crippen molar-refractivity contribution in [2.45, 2.75) is 52.0 Å². The largest absolute Gasteiger partial charge is 0.293 e. The highest BCUT2D eigenvalue weighted by molar-refractivity contribution is 7.14. The van der Waals surface area contributed by atoms with Crippen molar-refractivity contribution in [3.63, 3.8) is 0 Å². The van der Waals surface area contributed by atoms with Gasteiger partial charge in [-0.2, -0.15) is 5.10 Å². The highest BCUT2D eigenvalue weighted by atomic mass is 32.1. The van der Waals surface area contributed by atoms with E-state index in [1.165, 1.54) is 29.6 Å². The summed E-state index contributed by atoms with van der Waals surface area (Å²) in [4.78, 5) is 18.9. The van der Waals surface area contributed by atoms with Gasteiger partial charge in [-0.1, -0.05) is 6.92 Å². The van der Waals surface area contributed by atoms with Gasteiger partial charge in [0.15, 0.2) is 5.78 Å². The number of aryl methyl sites for hydroxylation is 3. The fraction of sp³-hybridized carbons (Fsp3) is 0.533. The fourth-order valence-corrected chi connectivity index (χ4v) is 3.87. The summed E-state index contributed by atoms with van der Waals surface area (Å²) in [5.74, 6) is 0.956. The van der Waals surface area contributed by atoms with E-state index in [0.717, 1.165) is 36.5 Å². The number of fused-ring (bicyclic) bond motifs is 1. The molecule has 0 saturated carbocycles. The highest BCUT2D eigenvalue weighted by Gasteiger charge is 2.18. The predicted molar refractivity (Wildman–Crippen MR) is 79.3 cm³/mol. The van der Waals surface area contributed by atoms with Crippen LogP contribution in [0, 0.1) is 0 Å². The summed E-state index contributed by atoms with van der Waals surface area (Å²) in [6, 6.07) is 2.10. The Labute approximate surface area is 122 Å². The van der Waals surface area contributed by atoms with Crippen molar-refractivity contribution in [2.75, 3.05) is 0 Å². The zero-order valence-electron chi connectivity index (χ0n) is 11.8. The Bertz CT molecular complexity index is 591. The lowest BCUT2D eigenvalue weighted by Gasteiger charge is -2.08. The number of hydrogen-bond donors (Lipinski definition) is 0. The molecule has 0 N–H and O–H groups in total. The minimum atomic E-state index is 0.176. The van der Waals surface area contributed by atoms with Crippen LogP contribution in [0.25, 0.3) is 0 Å². The maximum Gasteiger partial charge on any atom is 0.180 e. The number of hydrogen-bond acceptors (Lipinski definition) is 4. The first-order valence-corrected chi connectivity index (χ1v) is 8.11. The molecule has 0 spiro atoms.